The fourth-order valence-electron chi connectivity index (χ4n) is 2.29. The number of nitrogens with one attached hydrogen (secondary N) is 2. The van der Waals surface area contributed by atoms with Gasteiger partial charge in [0.2, 0.25) is 5.95 Å². The molecule has 0 atom stereocenters. The molecule has 0 spiro atoms. The number of benzene rings is 1. The van der Waals surface area contributed by atoms with Crippen LogP contribution in [0.5, 0.6) is 0 Å². The summed E-state index contributed by atoms with van der Waals surface area (Å²) in [5.41, 5.74) is 3.80. The van der Waals surface area contributed by atoms with Gasteiger partial charge in [0.05, 0.1) is 0 Å². The third kappa shape index (κ3) is 3.94. The van der Waals surface area contributed by atoms with Crippen molar-refractivity contribution in [2.24, 2.45) is 0 Å². The van der Waals surface area contributed by atoms with Gasteiger partial charge in [0.1, 0.15) is 5.82 Å². The van der Waals surface area contributed by atoms with Crippen LogP contribution in [-0.2, 0) is 12.8 Å². The maximum absolute atomic E-state index is 4.53. The van der Waals surface area contributed by atoms with Crippen LogP contribution in [-0.4, -0.2) is 16.0 Å². The number of hydrogen-bond donors (Lipinski definition) is 2. The molecule has 21 heavy (non-hydrogen) atoms. The standard InChI is InChI=1S/C17H24N4/c1-5-13-8-7-9-14(6-2)16(13)20-15-10-11-18-17(21-15)19-12(3)4/h7-12H,5-6H2,1-4H3,(H2,18,19,20,21). The zero-order valence-electron chi connectivity index (χ0n) is 13.3. The fraction of sp³-hybridized carbons (Fsp3) is 0.412. The smallest absolute Gasteiger partial charge is 0.224 e. The molecule has 0 aliphatic heterocycles. The summed E-state index contributed by atoms with van der Waals surface area (Å²) in [4.78, 5) is 8.77. The van der Waals surface area contributed by atoms with Gasteiger partial charge in [0, 0.05) is 17.9 Å². The Hall–Kier alpha value is -2.10. The zero-order valence-corrected chi connectivity index (χ0v) is 13.3. The minimum atomic E-state index is 0.314. The largest absolute Gasteiger partial charge is 0.352 e. The average Bonchev–Trinajstić information content (AvgIpc) is 2.47. The number of aromatic nitrogens is 2. The fourth-order valence-corrected chi connectivity index (χ4v) is 2.29. The van der Waals surface area contributed by atoms with E-state index >= 15 is 0 Å². The third-order valence-corrected chi connectivity index (χ3v) is 3.33. The molecule has 1 aromatic heterocycles. The minimum absolute atomic E-state index is 0.314. The van der Waals surface area contributed by atoms with Gasteiger partial charge in [0.25, 0.3) is 0 Å². The first kappa shape index (κ1) is 15.3. The number of aryl methyl sites for hydroxylation is 2. The molecule has 4 nitrogen and oxygen atoms in total. The molecule has 0 radical (unpaired) electrons. The van der Waals surface area contributed by atoms with Crippen LogP contribution in [0.2, 0.25) is 0 Å². The average molecular weight is 284 g/mol. The van der Waals surface area contributed by atoms with Crippen LogP contribution in [0.4, 0.5) is 17.5 Å². The Morgan fingerprint density at radius 2 is 1.71 bits per heavy atom. The van der Waals surface area contributed by atoms with Gasteiger partial charge < -0.3 is 10.6 Å². The van der Waals surface area contributed by atoms with Crippen LogP contribution in [0, 0.1) is 0 Å². The lowest BCUT2D eigenvalue weighted by molar-refractivity contribution is 0.875. The first-order chi connectivity index (χ1) is 10.1. The Labute approximate surface area is 127 Å². The Morgan fingerprint density at radius 1 is 1.05 bits per heavy atom. The second-order valence-corrected chi connectivity index (χ2v) is 5.35. The molecule has 2 rings (SSSR count). The highest BCUT2D eigenvalue weighted by Crippen LogP contribution is 2.25. The maximum Gasteiger partial charge on any atom is 0.224 e. The van der Waals surface area contributed by atoms with Gasteiger partial charge in [-0.25, -0.2) is 4.98 Å². The van der Waals surface area contributed by atoms with Crippen molar-refractivity contribution >= 4 is 17.5 Å². The molecule has 0 aliphatic carbocycles. The highest BCUT2D eigenvalue weighted by atomic mass is 15.1. The third-order valence-electron chi connectivity index (χ3n) is 3.33. The first-order valence-corrected chi connectivity index (χ1v) is 7.61. The molecule has 112 valence electrons. The molecular weight excluding hydrogens is 260 g/mol. The molecule has 0 saturated carbocycles. The Kier molecular flexibility index (Phi) is 5.14. The van der Waals surface area contributed by atoms with Crippen LogP contribution in [0.25, 0.3) is 0 Å². The number of hydrogen-bond acceptors (Lipinski definition) is 4. The summed E-state index contributed by atoms with van der Waals surface area (Å²) in [6, 6.07) is 8.66. The quantitative estimate of drug-likeness (QED) is 0.836. The lowest BCUT2D eigenvalue weighted by Gasteiger charge is -2.15. The predicted octanol–water partition coefficient (Wildman–Crippen LogP) is 4.17. The summed E-state index contributed by atoms with van der Waals surface area (Å²) >= 11 is 0. The van der Waals surface area contributed by atoms with Crippen molar-refractivity contribution in [2.75, 3.05) is 10.6 Å². The Morgan fingerprint density at radius 3 is 2.29 bits per heavy atom. The van der Waals surface area contributed by atoms with Gasteiger partial charge in [-0.1, -0.05) is 32.0 Å². The van der Waals surface area contributed by atoms with Crippen LogP contribution < -0.4 is 10.6 Å². The van der Waals surface area contributed by atoms with E-state index in [1.807, 2.05) is 6.07 Å². The van der Waals surface area contributed by atoms with Crippen LogP contribution in [0.3, 0.4) is 0 Å². The summed E-state index contributed by atoms with van der Waals surface area (Å²) in [5, 5.41) is 6.69. The van der Waals surface area contributed by atoms with Gasteiger partial charge in [-0.3, -0.25) is 0 Å². The van der Waals surface area contributed by atoms with Gasteiger partial charge in [-0.2, -0.15) is 4.98 Å². The van der Waals surface area contributed by atoms with E-state index in [0.29, 0.717) is 12.0 Å². The highest BCUT2D eigenvalue weighted by molar-refractivity contribution is 5.65. The van der Waals surface area contributed by atoms with Crippen molar-refractivity contribution in [1.29, 1.82) is 0 Å². The summed E-state index contributed by atoms with van der Waals surface area (Å²) in [7, 11) is 0. The van der Waals surface area contributed by atoms with Crippen LogP contribution >= 0.6 is 0 Å². The van der Waals surface area contributed by atoms with Crippen molar-refractivity contribution in [3.8, 4) is 0 Å². The number of para-hydroxylation sites is 1. The van der Waals surface area contributed by atoms with E-state index in [9.17, 15) is 0 Å². The van der Waals surface area contributed by atoms with Gasteiger partial charge in [-0.05, 0) is 43.9 Å². The summed E-state index contributed by atoms with van der Waals surface area (Å²) in [5.74, 6) is 1.48. The molecule has 0 aliphatic rings. The van der Waals surface area contributed by atoms with Crippen LogP contribution in [0.15, 0.2) is 30.5 Å². The normalized spacial score (nSPS) is 10.7. The molecule has 0 saturated heterocycles. The molecule has 2 N–H and O–H groups in total. The van der Waals surface area contributed by atoms with E-state index < -0.39 is 0 Å². The van der Waals surface area contributed by atoms with Gasteiger partial charge in [-0.15, -0.1) is 0 Å². The van der Waals surface area contributed by atoms with E-state index in [0.717, 1.165) is 18.7 Å². The summed E-state index contributed by atoms with van der Waals surface area (Å²) < 4.78 is 0. The lowest BCUT2D eigenvalue weighted by Crippen LogP contribution is -2.13. The van der Waals surface area contributed by atoms with E-state index in [1.165, 1.54) is 16.8 Å². The molecule has 1 heterocycles. The second-order valence-electron chi connectivity index (χ2n) is 5.35. The number of nitrogens with zero attached hydrogens (tertiary/aromatic N) is 2. The maximum atomic E-state index is 4.53. The molecule has 0 fully saturated rings. The molecule has 0 bridgehead atoms. The molecule has 0 amide bonds. The van der Waals surface area contributed by atoms with Crippen molar-refractivity contribution < 1.29 is 0 Å². The van der Waals surface area contributed by atoms with E-state index in [1.54, 1.807) is 6.20 Å². The van der Waals surface area contributed by atoms with E-state index in [2.05, 4.69) is 66.5 Å². The highest BCUT2D eigenvalue weighted by Gasteiger charge is 2.08. The first-order valence-electron chi connectivity index (χ1n) is 7.61. The zero-order chi connectivity index (χ0) is 15.2. The molecular formula is C17H24N4. The summed E-state index contributed by atoms with van der Waals surface area (Å²) in [6.07, 6.45) is 3.77. The second kappa shape index (κ2) is 7.07. The molecule has 1 aromatic carbocycles. The Bertz CT molecular complexity index is 571. The monoisotopic (exact) mass is 284 g/mol. The van der Waals surface area contributed by atoms with E-state index in [4.69, 9.17) is 0 Å². The van der Waals surface area contributed by atoms with Gasteiger partial charge in [0.15, 0.2) is 0 Å². The lowest BCUT2D eigenvalue weighted by atomic mass is 10.0. The minimum Gasteiger partial charge on any atom is -0.352 e. The molecule has 0 unspecified atom stereocenters. The van der Waals surface area contributed by atoms with Crippen molar-refractivity contribution in [3.05, 3.63) is 41.6 Å². The van der Waals surface area contributed by atoms with Gasteiger partial charge >= 0.3 is 0 Å². The SMILES string of the molecule is CCc1cccc(CC)c1Nc1ccnc(NC(C)C)n1. The number of rotatable bonds is 6. The van der Waals surface area contributed by atoms with Crippen molar-refractivity contribution in [2.45, 2.75) is 46.6 Å². The Balaban J connectivity index is 2.29. The van der Waals surface area contributed by atoms with Crippen LogP contribution in [0.1, 0.15) is 38.8 Å². The molecule has 2 aromatic rings. The topological polar surface area (TPSA) is 49.8 Å². The summed E-state index contributed by atoms with van der Waals surface area (Å²) in [6.45, 7) is 8.49. The van der Waals surface area contributed by atoms with Crippen molar-refractivity contribution in [3.63, 3.8) is 0 Å². The molecule has 4 heteroatoms. The van der Waals surface area contributed by atoms with Crippen molar-refractivity contribution in [1.82, 2.24) is 9.97 Å². The predicted molar refractivity (Wildman–Crippen MR) is 89.3 cm³/mol. The van der Waals surface area contributed by atoms with E-state index in [-0.39, 0.29) is 0 Å². The number of anilines is 3.